The van der Waals surface area contributed by atoms with Crippen LogP contribution in [0, 0.1) is 6.92 Å². The number of nitrogens with zero attached hydrogens (tertiary/aromatic N) is 5. The van der Waals surface area contributed by atoms with E-state index in [-0.39, 0.29) is 23.5 Å². The van der Waals surface area contributed by atoms with Crippen LogP contribution in [0.15, 0.2) is 53.6 Å². The summed E-state index contributed by atoms with van der Waals surface area (Å²) in [5.41, 5.74) is 5.02. The number of methoxy groups -OCH3 is 2. The van der Waals surface area contributed by atoms with E-state index < -0.39 is 6.04 Å². The molecule has 0 spiro atoms. The molecule has 4 heterocycles. The number of aryl methyl sites for hydroxylation is 2. The summed E-state index contributed by atoms with van der Waals surface area (Å²) in [6.07, 6.45) is 5.37. The predicted molar refractivity (Wildman–Crippen MR) is 143 cm³/mol. The highest BCUT2D eigenvalue weighted by atomic mass is 35.5. The summed E-state index contributed by atoms with van der Waals surface area (Å²) in [6, 6.07) is 11.2. The highest BCUT2D eigenvalue weighted by molar-refractivity contribution is 6.30. The Kier molecular flexibility index (Phi) is 5.75. The fourth-order valence-electron chi connectivity index (χ4n) is 5.28. The van der Waals surface area contributed by atoms with Gasteiger partial charge < -0.3 is 18.6 Å². The molecule has 2 aliphatic rings. The van der Waals surface area contributed by atoms with E-state index >= 15 is 0 Å². The number of carbonyl (C=O) groups excluding carboxylic acids is 1. The molecule has 38 heavy (non-hydrogen) atoms. The van der Waals surface area contributed by atoms with E-state index in [1.54, 1.807) is 44.4 Å². The van der Waals surface area contributed by atoms with Gasteiger partial charge in [-0.3, -0.25) is 14.5 Å². The van der Waals surface area contributed by atoms with Crippen LogP contribution in [0.5, 0.6) is 11.9 Å². The summed E-state index contributed by atoms with van der Waals surface area (Å²) in [4.78, 5) is 37.1. The SMILES string of the molecule is COc1ncc(-c2cc3c(n2C2CC2)C(c2ccc(Cl)cc2)N(c2cc(C)c(=O)n(C)c2)C3=O)c(OC)n1. The number of hydrogen-bond acceptors (Lipinski definition) is 6. The van der Waals surface area contributed by atoms with E-state index in [1.165, 1.54) is 11.7 Å². The highest BCUT2D eigenvalue weighted by Gasteiger charge is 2.45. The van der Waals surface area contributed by atoms with Gasteiger partial charge >= 0.3 is 6.01 Å². The zero-order valence-electron chi connectivity index (χ0n) is 21.4. The van der Waals surface area contributed by atoms with Crippen molar-refractivity contribution in [1.29, 1.82) is 0 Å². The van der Waals surface area contributed by atoms with Crippen LogP contribution in [0.1, 0.15) is 52.1 Å². The number of anilines is 1. The standard InChI is InChI=1S/C28H26ClN5O4/c1-15-11-19(14-32(2)26(15)35)34-23(16-5-7-17(29)8-6-16)24-20(27(34)36)12-22(33(24)18-9-10-18)21-13-30-28(38-4)31-25(21)37-3/h5-8,11-14,18,23H,9-10H2,1-4H3. The van der Waals surface area contributed by atoms with Crippen molar-refractivity contribution >= 4 is 23.2 Å². The molecule has 1 aromatic carbocycles. The molecule has 1 fully saturated rings. The number of halogens is 1. The maximum Gasteiger partial charge on any atom is 0.319 e. The van der Waals surface area contributed by atoms with E-state index in [1.807, 2.05) is 30.3 Å². The fraction of sp³-hybridized carbons (Fsp3) is 0.286. The lowest BCUT2D eigenvalue weighted by molar-refractivity contribution is 0.0993. The minimum absolute atomic E-state index is 0.0997. The predicted octanol–water partition coefficient (Wildman–Crippen LogP) is 4.71. The Morgan fingerprint density at radius 2 is 1.76 bits per heavy atom. The number of ether oxygens (including phenoxy) is 2. The molecule has 1 aliphatic carbocycles. The van der Waals surface area contributed by atoms with Gasteiger partial charge in [0.05, 0.1) is 42.4 Å². The molecular formula is C28H26ClN5O4. The minimum atomic E-state index is -0.425. The molecular weight excluding hydrogens is 506 g/mol. The molecule has 9 nitrogen and oxygen atoms in total. The number of fused-ring (bicyclic) bond motifs is 1. The topological polar surface area (TPSA) is 91.5 Å². The van der Waals surface area contributed by atoms with Crippen molar-refractivity contribution < 1.29 is 14.3 Å². The Morgan fingerprint density at radius 3 is 2.39 bits per heavy atom. The summed E-state index contributed by atoms with van der Waals surface area (Å²) in [7, 11) is 4.75. The van der Waals surface area contributed by atoms with Crippen LogP contribution >= 0.6 is 11.6 Å². The molecule has 10 heteroatoms. The summed E-state index contributed by atoms with van der Waals surface area (Å²) in [5, 5.41) is 0.612. The van der Waals surface area contributed by atoms with Gasteiger partial charge in [-0.15, -0.1) is 0 Å². The molecule has 3 aromatic heterocycles. The lowest BCUT2D eigenvalue weighted by Gasteiger charge is -2.28. The minimum Gasteiger partial charge on any atom is -0.480 e. The average Bonchev–Trinajstić information content (AvgIpc) is 3.62. The second-order valence-electron chi connectivity index (χ2n) is 9.64. The Balaban J connectivity index is 1.60. The quantitative estimate of drug-likeness (QED) is 0.358. The Hall–Kier alpha value is -4.11. The molecule has 1 aliphatic heterocycles. The number of amides is 1. The molecule has 194 valence electrons. The van der Waals surface area contributed by atoms with Crippen LogP contribution in [0.3, 0.4) is 0 Å². The van der Waals surface area contributed by atoms with Crippen molar-refractivity contribution in [1.82, 2.24) is 19.1 Å². The van der Waals surface area contributed by atoms with Crippen molar-refractivity contribution in [3.63, 3.8) is 0 Å². The molecule has 0 bridgehead atoms. The molecule has 0 saturated heterocycles. The Labute approximate surface area is 224 Å². The van der Waals surface area contributed by atoms with Gasteiger partial charge in [0.25, 0.3) is 11.5 Å². The third kappa shape index (κ3) is 3.77. The lowest BCUT2D eigenvalue weighted by Crippen LogP contribution is -2.31. The largest absolute Gasteiger partial charge is 0.480 e. The third-order valence-corrected chi connectivity index (χ3v) is 7.40. The van der Waals surface area contributed by atoms with Gasteiger partial charge in [-0.1, -0.05) is 23.7 Å². The molecule has 0 N–H and O–H groups in total. The molecule has 1 amide bonds. The summed E-state index contributed by atoms with van der Waals surface area (Å²) >= 11 is 6.23. The van der Waals surface area contributed by atoms with Crippen LogP contribution < -0.4 is 19.9 Å². The van der Waals surface area contributed by atoms with Crippen molar-refractivity contribution in [3.05, 3.63) is 86.6 Å². The maximum absolute atomic E-state index is 14.2. The van der Waals surface area contributed by atoms with Crippen LogP contribution in [-0.2, 0) is 7.05 Å². The maximum atomic E-state index is 14.2. The molecule has 1 unspecified atom stereocenters. The van der Waals surface area contributed by atoms with Crippen molar-refractivity contribution in [2.75, 3.05) is 19.1 Å². The van der Waals surface area contributed by atoms with E-state index in [4.69, 9.17) is 21.1 Å². The van der Waals surface area contributed by atoms with Gasteiger partial charge in [-0.05, 0) is 49.6 Å². The number of benzene rings is 1. The smallest absolute Gasteiger partial charge is 0.319 e. The monoisotopic (exact) mass is 531 g/mol. The number of aromatic nitrogens is 4. The second-order valence-corrected chi connectivity index (χ2v) is 10.1. The molecule has 6 rings (SSSR count). The van der Waals surface area contributed by atoms with Crippen LogP contribution in [0.25, 0.3) is 11.3 Å². The average molecular weight is 532 g/mol. The lowest BCUT2D eigenvalue weighted by atomic mass is 10.0. The number of pyridine rings is 1. The third-order valence-electron chi connectivity index (χ3n) is 7.15. The molecule has 4 aromatic rings. The fourth-order valence-corrected chi connectivity index (χ4v) is 5.41. The summed E-state index contributed by atoms with van der Waals surface area (Å²) in [6.45, 7) is 1.76. The first kappa shape index (κ1) is 24.2. The Bertz CT molecular complexity index is 1610. The first-order valence-electron chi connectivity index (χ1n) is 12.3. The van der Waals surface area contributed by atoms with Gasteiger partial charge in [-0.25, -0.2) is 4.98 Å². The second kappa shape index (κ2) is 9.02. The van der Waals surface area contributed by atoms with Gasteiger partial charge in [-0.2, -0.15) is 4.98 Å². The number of carbonyl (C=O) groups is 1. The first-order chi connectivity index (χ1) is 18.3. The normalized spacial score (nSPS) is 16.6. The summed E-state index contributed by atoms with van der Waals surface area (Å²) in [5.74, 6) is 0.225. The van der Waals surface area contributed by atoms with E-state index in [9.17, 15) is 9.59 Å². The van der Waals surface area contributed by atoms with Gasteiger partial charge in [0.15, 0.2) is 0 Å². The Morgan fingerprint density at radius 1 is 1.03 bits per heavy atom. The molecule has 0 radical (unpaired) electrons. The molecule has 1 atom stereocenters. The number of hydrogen-bond donors (Lipinski definition) is 0. The van der Waals surface area contributed by atoms with Gasteiger partial charge in [0, 0.05) is 36.1 Å². The van der Waals surface area contributed by atoms with E-state index in [0.29, 0.717) is 33.3 Å². The van der Waals surface area contributed by atoms with Gasteiger partial charge in [0.2, 0.25) is 5.88 Å². The van der Waals surface area contributed by atoms with Crippen molar-refractivity contribution in [3.8, 4) is 23.1 Å². The van der Waals surface area contributed by atoms with E-state index in [0.717, 1.165) is 29.8 Å². The van der Waals surface area contributed by atoms with Gasteiger partial charge in [0.1, 0.15) is 6.04 Å². The van der Waals surface area contributed by atoms with Crippen LogP contribution in [0.4, 0.5) is 5.69 Å². The first-order valence-corrected chi connectivity index (χ1v) is 12.7. The van der Waals surface area contributed by atoms with Crippen molar-refractivity contribution in [2.24, 2.45) is 7.05 Å². The zero-order chi connectivity index (χ0) is 26.7. The number of rotatable bonds is 6. The summed E-state index contributed by atoms with van der Waals surface area (Å²) < 4.78 is 14.5. The van der Waals surface area contributed by atoms with E-state index in [2.05, 4.69) is 14.5 Å². The highest BCUT2D eigenvalue weighted by Crippen LogP contribution is 2.50. The van der Waals surface area contributed by atoms with Crippen LogP contribution in [0.2, 0.25) is 5.02 Å². The van der Waals surface area contributed by atoms with Crippen molar-refractivity contribution in [2.45, 2.75) is 31.8 Å². The van der Waals surface area contributed by atoms with Crippen LogP contribution in [-0.4, -0.2) is 39.2 Å². The molecule has 1 saturated carbocycles. The zero-order valence-corrected chi connectivity index (χ0v) is 22.2.